The lowest BCUT2D eigenvalue weighted by Gasteiger charge is -2.40. The molecule has 41 heavy (non-hydrogen) atoms. The Morgan fingerprint density at radius 3 is 2.51 bits per heavy atom. The molecular formula is C32H51NO8. The van der Waals surface area contributed by atoms with Gasteiger partial charge in [0.05, 0.1) is 44.5 Å². The monoisotopic (exact) mass is 577 g/mol. The molecule has 3 saturated heterocycles. The van der Waals surface area contributed by atoms with Crippen molar-refractivity contribution in [2.45, 2.75) is 123 Å². The number of epoxide rings is 1. The summed E-state index contributed by atoms with van der Waals surface area (Å²) < 4.78 is 35.4. The van der Waals surface area contributed by atoms with Gasteiger partial charge in [-0.2, -0.15) is 0 Å². The second kappa shape index (κ2) is 15.4. The van der Waals surface area contributed by atoms with Crippen molar-refractivity contribution in [3.05, 3.63) is 36.0 Å². The topological polar surface area (TPSA) is 105 Å². The zero-order valence-electron chi connectivity index (χ0n) is 26.1. The molecule has 0 aliphatic carbocycles. The van der Waals surface area contributed by atoms with E-state index in [0.717, 1.165) is 18.4 Å². The first kappa shape index (κ1) is 33.5. The van der Waals surface area contributed by atoms with Crippen LogP contribution in [-0.4, -0.2) is 80.7 Å². The van der Waals surface area contributed by atoms with Gasteiger partial charge in [-0.05, 0) is 58.4 Å². The van der Waals surface area contributed by atoms with E-state index in [1.165, 1.54) is 7.11 Å². The van der Waals surface area contributed by atoms with Gasteiger partial charge in [0, 0.05) is 13.0 Å². The fraction of sp³-hybridized carbons (Fsp3) is 0.750. The minimum atomic E-state index is -0.493. The smallest absolute Gasteiger partial charge is 0.308 e. The molecule has 3 fully saturated rings. The van der Waals surface area contributed by atoms with Crippen LogP contribution in [0.5, 0.6) is 0 Å². The second-order valence-corrected chi connectivity index (χ2v) is 12.0. The normalized spacial score (nSPS) is 34.9. The summed E-state index contributed by atoms with van der Waals surface area (Å²) in [5.41, 5.74) is 0.580. The van der Waals surface area contributed by atoms with Gasteiger partial charge in [0.1, 0.15) is 17.8 Å². The maximum atomic E-state index is 12.3. The Morgan fingerprint density at radius 1 is 1.15 bits per heavy atom. The predicted octanol–water partition coefficient (Wildman–Crippen LogP) is 4.65. The molecule has 232 valence electrons. The molecule has 9 nitrogen and oxygen atoms in total. The van der Waals surface area contributed by atoms with E-state index in [1.54, 1.807) is 6.08 Å². The number of carbonyl (C=O) groups is 2. The summed E-state index contributed by atoms with van der Waals surface area (Å²) in [6.07, 6.45) is 10.6. The van der Waals surface area contributed by atoms with Crippen LogP contribution in [0.25, 0.3) is 0 Å². The fourth-order valence-electron chi connectivity index (χ4n) is 5.58. The van der Waals surface area contributed by atoms with E-state index in [-0.39, 0.29) is 48.8 Å². The van der Waals surface area contributed by atoms with Crippen LogP contribution in [0.3, 0.4) is 0 Å². The molecule has 0 aromatic heterocycles. The summed E-state index contributed by atoms with van der Waals surface area (Å²) in [6.45, 7) is 15.2. The van der Waals surface area contributed by atoms with Crippen molar-refractivity contribution in [3.63, 3.8) is 0 Å². The molecule has 3 heterocycles. The lowest BCUT2D eigenvalue weighted by molar-refractivity contribution is -0.227. The highest BCUT2D eigenvalue weighted by Gasteiger charge is 2.60. The Hall–Kier alpha value is -2.04. The molecule has 0 aromatic rings. The van der Waals surface area contributed by atoms with Gasteiger partial charge in [0.25, 0.3) is 0 Å². The molecule has 1 N–H and O–H groups in total. The van der Waals surface area contributed by atoms with Crippen molar-refractivity contribution in [1.82, 2.24) is 5.32 Å². The first-order chi connectivity index (χ1) is 19.5. The summed E-state index contributed by atoms with van der Waals surface area (Å²) in [6, 6.07) is -0.00935. The molecule has 9 atom stereocenters. The summed E-state index contributed by atoms with van der Waals surface area (Å²) >= 11 is 0. The van der Waals surface area contributed by atoms with Crippen molar-refractivity contribution in [3.8, 4) is 0 Å². The first-order valence-corrected chi connectivity index (χ1v) is 15.1. The Morgan fingerprint density at radius 2 is 1.88 bits per heavy atom. The van der Waals surface area contributed by atoms with E-state index in [4.69, 9.17) is 28.4 Å². The van der Waals surface area contributed by atoms with Gasteiger partial charge in [-0.1, -0.05) is 50.6 Å². The quantitative estimate of drug-likeness (QED) is 0.111. The highest BCUT2D eigenvalue weighted by atomic mass is 16.7. The van der Waals surface area contributed by atoms with Crippen LogP contribution in [0.4, 0.5) is 0 Å². The lowest BCUT2D eigenvalue weighted by Crippen LogP contribution is -2.53. The van der Waals surface area contributed by atoms with E-state index in [2.05, 4.69) is 18.3 Å². The zero-order valence-corrected chi connectivity index (χ0v) is 26.1. The Bertz CT molecular complexity index is 955. The highest BCUT2D eigenvalue weighted by Crippen LogP contribution is 2.45. The maximum Gasteiger partial charge on any atom is 0.308 e. The average molecular weight is 578 g/mol. The zero-order chi connectivity index (χ0) is 30.2. The van der Waals surface area contributed by atoms with Gasteiger partial charge < -0.3 is 33.7 Å². The largest absolute Gasteiger partial charge is 0.469 e. The summed E-state index contributed by atoms with van der Waals surface area (Å²) in [4.78, 5) is 24.3. The van der Waals surface area contributed by atoms with Crippen LogP contribution in [0.15, 0.2) is 36.0 Å². The van der Waals surface area contributed by atoms with Gasteiger partial charge in [-0.15, -0.1) is 0 Å². The molecular weight excluding hydrogens is 526 g/mol. The number of hydrogen-bond acceptors (Lipinski definition) is 8. The molecule has 0 bridgehead atoms. The standard InChI is InChI=1S/C32H51NO8/c1-9-37-24(7)40-31-28(41-25(17-30(35)36-8)18-32(31)19-38-32)14-12-21(4)11-13-27-22(5)16-26(23(6)39-27)33-29(34)15-10-20(2)3/h10-12,14-15,20,22-28,31H,9,13,16-19H2,1-8H3,(H,33,34)/b14-12+,15-10-,21-11+/t22-,23+,24?,25+,26+,27-,28+,31+,32+/m0/s1. The Labute approximate surface area is 246 Å². The van der Waals surface area contributed by atoms with Crippen LogP contribution in [0.1, 0.15) is 74.1 Å². The van der Waals surface area contributed by atoms with E-state index < -0.39 is 18.0 Å². The van der Waals surface area contributed by atoms with E-state index in [0.29, 0.717) is 31.5 Å². The van der Waals surface area contributed by atoms with Crippen LogP contribution < -0.4 is 5.32 Å². The third kappa shape index (κ3) is 10.0. The molecule has 1 spiro atoms. The number of rotatable bonds is 13. The minimum absolute atomic E-state index is 0.00935. The van der Waals surface area contributed by atoms with Gasteiger partial charge in [0.2, 0.25) is 5.91 Å². The number of carbonyl (C=O) groups excluding carboxylic acids is 2. The summed E-state index contributed by atoms with van der Waals surface area (Å²) in [7, 11) is 1.38. The Balaban J connectivity index is 1.62. The number of ether oxygens (including phenoxy) is 6. The van der Waals surface area contributed by atoms with Crippen molar-refractivity contribution in [1.29, 1.82) is 0 Å². The first-order valence-electron chi connectivity index (χ1n) is 15.1. The number of allylic oxidation sites excluding steroid dienone is 3. The van der Waals surface area contributed by atoms with Crippen molar-refractivity contribution in [2.24, 2.45) is 11.8 Å². The maximum absolute atomic E-state index is 12.3. The van der Waals surface area contributed by atoms with Crippen molar-refractivity contribution >= 4 is 11.9 Å². The van der Waals surface area contributed by atoms with E-state index in [1.807, 2.05) is 59.8 Å². The van der Waals surface area contributed by atoms with Crippen LogP contribution in [0, 0.1) is 11.8 Å². The van der Waals surface area contributed by atoms with Gasteiger partial charge >= 0.3 is 5.97 Å². The minimum Gasteiger partial charge on any atom is -0.469 e. The van der Waals surface area contributed by atoms with Crippen molar-refractivity contribution in [2.75, 3.05) is 20.3 Å². The van der Waals surface area contributed by atoms with E-state index in [9.17, 15) is 9.59 Å². The molecule has 0 aromatic carbocycles. The predicted molar refractivity (Wildman–Crippen MR) is 156 cm³/mol. The molecule has 0 saturated carbocycles. The van der Waals surface area contributed by atoms with Crippen LogP contribution in [-0.2, 0) is 38.0 Å². The summed E-state index contributed by atoms with van der Waals surface area (Å²) in [5, 5.41) is 3.10. The van der Waals surface area contributed by atoms with Crippen LogP contribution >= 0.6 is 0 Å². The molecule has 1 amide bonds. The number of methoxy groups -OCH3 is 1. The fourth-order valence-corrected chi connectivity index (χ4v) is 5.58. The van der Waals surface area contributed by atoms with Gasteiger partial charge in [-0.3, -0.25) is 9.59 Å². The van der Waals surface area contributed by atoms with Gasteiger partial charge in [-0.25, -0.2) is 0 Å². The number of esters is 1. The van der Waals surface area contributed by atoms with Gasteiger partial charge in [0.15, 0.2) is 6.29 Å². The number of nitrogens with one attached hydrogen (secondary N) is 1. The third-order valence-electron chi connectivity index (χ3n) is 8.01. The average Bonchev–Trinajstić information content (AvgIpc) is 3.68. The van der Waals surface area contributed by atoms with E-state index >= 15 is 0 Å². The Kier molecular flexibility index (Phi) is 12.6. The van der Waals surface area contributed by atoms with Crippen LogP contribution in [0.2, 0.25) is 0 Å². The highest BCUT2D eigenvalue weighted by molar-refractivity contribution is 5.87. The summed E-state index contributed by atoms with van der Waals surface area (Å²) in [5.74, 6) is 0.250. The SMILES string of the molecule is CCOC(C)O[C@@H]1[C@@H](/C=C/C(C)=C/C[C@@H]2O[C@H](C)[C@H](NC(=O)/C=C\C(C)C)C[C@@H]2C)O[C@H](CC(=O)OC)C[C@@]12CO2. The molecule has 3 aliphatic heterocycles. The molecule has 9 heteroatoms. The number of amides is 1. The lowest BCUT2D eigenvalue weighted by atomic mass is 9.87. The molecule has 3 aliphatic rings. The second-order valence-electron chi connectivity index (χ2n) is 12.0. The molecule has 3 rings (SSSR count). The number of hydrogen-bond donors (Lipinski definition) is 1. The molecule has 0 radical (unpaired) electrons. The van der Waals surface area contributed by atoms with Crippen molar-refractivity contribution < 1.29 is 38.0 Å². The molecule has 1 unspecified atom stereocenters. The third-order valence-corrected chi connectivity index (χ3v) is 8.01.